The SMILES string of the molecule is COc1ccccc1OCCNC(O)Cc1ccc(C)c(S(N)(=O)=O)c1. The van der Waals surface area contributed by atoms with E-state index in [1.165, 1.54) is 6.07 Å². The lowest BCUT2D eigenvalue weighted by molar-refractivity contribution is 0.130. The van der Waals surface area contributed by atoms with Crippen molar-refractivity contribution in [2.75, 3.05) is 20.3 Å². The molecule has 142 valence electrons. The van der Waals surface area contributed by atoms with Crippen LogP contribution in [0.5, 0.6) is 11.5 Å². The Morgan fingerprint density at radius 1 is 1.19 bits per heavy atom. The predicted octanol–water partition coefficient (Wildman–Crippen LogP) is 1.18. The van der Waals surface area contributed by atoms with Gasteiger partial charge in [0.2, 0.25) is 10.0 Å². The highest BCUT2D eigenvalue weighted by molar-refractivity contribution is 7.89. The fourth-order valence-corrected chi connectivity index (χ4v) is 3.33. The monoisotopic (exact) mass is 380 g/mol. The second kappa shape index (κ2) is 9.00. The van der Waals surface area contributed by atoms with Crippen LogP contribution in [-0.4, -0.2) is 40.0 Å². The first-order valence-electron chi connectivity index (χ1n) is 8.11. The molecule has 0 spiro atoms. The minimum absolute atomic E-state index is 0.0710. The number of methoxy groups -OCH3 is 1. The van der Waals surface area contributed by atoms with Gasteiger partial charge in [-0.2, -0.15) is 0 Å². The predicted molar refractivity (Wildman–Crippen MR) is 98.8 cm³/mol. The molecule has 0 bridgehead atoms. The first kappa shape index (κ1) is 20.2. The van der Waals surface area contributed by atoms with Crippen molar-refractivity contribution in [2.24, 2.45) is 5.14 Å². The van der Waals surface area contributed by atoms with Gasteiger partial charge in [0.15, 0.2) is 11.5 Å². The van der Waals surface area contributed by atoms with E-state index in [1.807, 2.05) is 12.1 Å². The molecule has 2 rings (SSSR count). The Bertz CT molecular complexity index is 839. The molecule has 8 heteroatoms. The van der Waals surface area contributed by atoms with Crippen LogP contribution in [0.25, 0.3) is 0 Å². The Balaban J connectivity index is 1.85. The zero-order chi connectivity index (χ0) is 19.2. The largest absolute Gasteiger partial charge is 0.493 e. The third kappa shape index (κ3) is 5.70. The van der Waals surface area contributed by atoms with Crippen molar-refractivity contribution >= 4 is 10.0 Å². The van der Waals surface area contributed by atoms with Crippen molar-refractivity contribution < 1.29 is 23.0 Å². The summed E-state index contributed by atoms with van der Waals surface area (Å²) in [4.78, 5) is 0.0710. The average molecular weight is 380 g/mol. The number of hydrogen-bond donors (Lipinski definition) is 3. The summed E-state index contributed by atoms with van der Waals surface area (Å²) in [5.41, 5.74) is 1.24. The van der Waals surface area contributed by atoms with E-state index < -0.39 is 16.3 Å². The zero-order valence-corrected chi connectivity index (χ0v) is 15.6. The number of para-hydroxylation sites is 2. The van der Waals surface area contributed by atoms with Crippen LogP contribution in [0.4, 0.5) is 0 Å². The molecule has 1 atom stereocenters. The molecule has 26 heavy (non-hydrogen) atoms. The second-order valence-electron chi connectivity index (χ2n) is 5.82. The maximum Gasteiger partial charge on any atom is 0.238 e. The summed E-state index contributed by atoms with van der Waals surface area (Å²) in [6, 6.07) is 12.2. The average Bonchev–Trinajstić information content (AvgIpc) is 2.59. The van der Waals surface area contributed by atoms with Gasteiger partial charge in [0.05, 0.1) is 12.0 Å². The van der Waals surface area contributed by atoms with Crippen LogP contribution < -0.4 is 19.9 Å². The van der Waals surface area contributed by atoms with Gasteiger partial charge in [0.25, 0.3) is 0 Å². The molecule has 0 aliphatic carbocycles. The number of nitrogens with two attached hydrogens (primary N) is 1. The van der Waals surface area contributed by atoms with E-state index in [9.17, 15) is 13.5 Å². The number of nitrogens with one attached hydrogen (secondary N) is 1. The van der Waals surface area contributed by atoms with Crippen molar-refractivity contribution in [3.05, 3.63) is 53.6 Å². The third-order valence-electron chi connectivity index (χ3n) is 3.80. The van der Waals surface area contributed by atoms with Crippen LogP contribution in [-0.2, 0) is 16.4 Å². The van der Waals surface area contributed by atoms with E-state index in [0.29, 0.717) is 35.8 Å². The number of sulfonamides is 1. The third-order valence-corrected chi connectivity index (χ3v) is 4.85. The van der Waals surface area contributed by atoms with Crippen LogP contribution in [0.2, 0.25) is 0 Å². The number of aryl methyl sites for hydroxylation is 1. The summed E-state index contributed by atoms with van der Waals surface area (Å²) in [6.45, 7) is 2.42. The number of aliphatic hydroxyl groups excluding tert-OH is 1. The topological polar surface area (TPSA) is 111 Å². The Kier molecular flexibility index (Phi) is 6.98. The lowest BCUT2D eigenvalue weighted by Crippen LogP contribution is -2.34. The van der Waals surface area contributed by atoms with Gasteiger partial charge in [0.1, 0.15) is 12.8 Å². The maximum absolute atomic E-state index is 11.6. The van der Waals surface area contributed by atoms with Gasteiger partial charge in [-0.05, 0) is 36.2 Å². The highest BCUT2D eigenvalue weighted by Gasteiger charge is 2.13. The Labute approximate surface area is 153 Å². The van der Waals surface area contributed by atoms with E-state index >= 15 is 0 Å². The number of primary sulfonamides is 1. The quantitative estimate of drug-likeness (QED) is 0.445. The van der Waals surface area contributed by atoms with Gasteiger partial charge in [0, 0.05) is 13.0 Å². The molecule has 2 aromatic carbocycles. The van der Waals surface area contributed by atoms with E-state index in [0.717, 1.165) is 0 Å². The Hall–Kier alpha value is -2.13. The zero-order valence-electron chi connectivity index (χ0n) is 14.8. The van der Waals surface area contributed by atoms with Crippen LogP contribution in [0.3, 0.4) is 0 Å². The summed E-state index contributed by atoms with van der Waals surface area (Å²) >= 11 is 0. The van der Waals surface area contributed by atoms with E-state index in [2.05, 4.69) is 5.32 Å². The van der Waals surface area contributed by atoms with Crippen LogP contribution in [0.1, 0.15) is 11.1 Å². The molecule has 0 saturated heterocycles. The molecular weight excluding hydrogens is 356 g/mol. The maximum atomic E-state index is 11.6. The molecule has 7 nitrogen and oxygen atoms in total. The standard InChI is InChI=1S/C18H24N2O5S/c1-13-7-8-14(11-17(13)26(19,22)23)12-18(21)20-9-10-25-16-6-4-3-5-15(16)24-2/h3-8,11,18,20-21H,9-10,12H2,1-2H3,(H2,19,22,23). The first-order valence-corrected chi connectivity index (χ1v) is 9.65. The van der Waals surface area contributed by atoms with Crippen LogP contribution in [0.15, 0.2) is 47.4 Å². The molecule has 0 aromatic heterocycles. The fourth-order valence-electron chi connectivity index (χ4n) is 2.50. The first-order chi connectivity index (χ1) is 12.3. The molecule has 1 unspecified atom stereocenters. The molecule has 0 saturated carbocycles. The van der Waals surface area contributed by atoms with E-state index in [1.54, 1.807) is 38.3 Å². The van der Waals surface area contributed by atoms with Crippen LogP contribution >= 0.6 is 0 Å². The normalized spacial score (nSPS) is 12.6. The van der Waals surface area contributed by atoms with Crippen molar-refractivity contribution in [3.63, 3.8) is 0 Å². The molecule has 0 amide bonds. The summed E-state index contributed by atoms with van der Waals surface area (Å²) in [7, 11) is -2.21. The number of benzene rings is 2. The molecular formula is C18H24N2O5S. The fraction of sp³-hybridized carbons (Fsp3) is 0.333. The molecule has 4 N–H and O–H groups in total. The second-order valence-corrected chi connectivity index (χ2v) is 7.35. The summed E-state index contributed by atoms with van der Waals surface area (Å²) in [6.07, 6.45) is -0.593. The number of rotatable bonds is 9. The van der Waals surface area contributed by atoms with Gasteiger partial charge >= 0.3 is 0 Å². The Morgan fingerprint density at radius 2 is 1.88 bits per heavy atom. The van der Waals surface area contributed by atoms with E-state index in [4.69, 9.17) is 14.6 Å². The molecule has 0 radical (unpaired) electrons. The van der Waals surface area contributed by atoms with E-state index in [-0.39, 0.29) is 11.3 Å². The highest BCUT2D eigenvalue weighted by Crippen LogP contribution is 2.25. The molecule has 0 heterocycles. The molecule has 2 aromatic rings. The van der Waals surface area contributed by atoms with Crippen molar-refractivity contribution in [2.45, 2.75) is 24.5 Å². The summed E-state index contributed by atoms with van der Waals surface area (Å²) in [5.74, 6) is 1.27. The minimum atomic E-state index is -3.78. The van der Waals surface area contributed by atoms with Crippen molar-refractivity contribution in [3.8, 4) is 11.5 Å². The molecule has 0 aliphatic heterocycles. The van der Waals surface area contributed by atoms with Gasteiger partial charge in [-0.1, -0.05) is 24.3 Å². The summed E-state index contributed by atoms with van der Waals surface area (Å²) < 4.78 is 33.9. The van der Waals surface area contributed by atoms with Crippen LogP contribution in [0, 0.1) is 6.92 Å². The van der Waals surface area contributed by atoms with Gasteiger partial charge in [-0.15, -0.1) is 0 Å². The summed E-state index contributed by atoms with van der Waals surface area (Å²) in [5, 5.41) is 18.2. The molecule has 0 fully saturated rings. The molecule has 0 aliphatic rings. The van der Waals surface area contributed by atoms with Gasteiger partial charge in [-0.3, -0.25) is 5.32 Å². The number of ether oxygens (including phenoxy) is 2. The van der Waals surface area contributed by atoms with Gasteiger partial charge < -0.3 is 14.6 Å². The minimum Gasteiger partial charge on any atom is -0.493 e. The lowest BCUT2D eigenvalue weighted by atomic mass is 10.1. The van der Waals surface area contributed by atoms with Gasteiger partial charge in [-0.25, -0.2) is 13.6 Å². The number of hydrogen-bond acceptors (Lipinski definition) is 6. The smallest absolute Gasteiger partial charge is 0.238 e. The Morgan fingerprint density at radius 3 is 2.54 bits per heavy atom. The van der Waals surface area contributed by atoms with Crippen molar-refractivity contribution in [1.82, 2.24) is 5.32 Å². The number of aliphatic hydroxyl groups is 1. The lowest BCUT2D eigenvalue weighted by Gasteiger charge is -2.15. The van der Waals surface area contributed by atoms with Crippen molar-refractivity contribution in [1.29, 1.82) is 0 Å². The highest BCUT2D eigenvalue weighted by atomic mass is 32.2.